The molecule has 25 heavy (non-hydrogen) atoms. The van der Waals surface area contributed by atoms with E-state index in [9.17, 15) is 8.78 Å². The van der Waals surface area contributed by atoms with Gasteiger partial charge in [0.15, 0.2) is 0 Å². The second-order valence-corrected chi connectivity index (χ2v) is 8.37. The van der Waals surface area contributed by atoms with Gasteiger partial charge in [-0.3, -0.25) is 4.98 Å². The summed E-state index contributed by atoms with van der Waals surface area (Å²) in [5, 5.41) is 8.94. The summed E-state index contributed by atoms with van der Waals surface area (Å²) in [5.41, 5.74) is 1.64. The van der Waals surface area contributed by atoms with E-state index in [1.165, 1.54) is 24.4 Å². The van der Waals surface area contributed by atoms with Crippen molar-refractivity contribution in [3.8, 4) is 22.4 Å². The van der Waals surface area contributed by atoms with Gasteiger partial charge < -0.3 is 0 Å². The largest absolute Gasteiger partial charge is 0.253 e. The lowest BCUT2D eigenvalue weighted by Crippen LogP contribution is -2.07. The number of pyridine rings is 1. The zero-order valence-electron chi connectivity index (χ0n) is 14.1. The van der Waals surface area contributed by atoms with Crippen molar-refractivity contribution in [2.75, 3.05) is 0 Å². The fourth-order valence-electron chi connectivity index (χ4n) is 2.34. The molecule has 0 aliphatic heterocycles. The average Bonchev–Trinajstić information content (AvgIpc) is 2.55. The third-order valence-electron chi connectivity index (χ3n) is 3.36. The lowest BCUT2D eigenvalue weighted by Gasteiger charge is -2.16. The fourth-order valence-corrected chi connectivity index (χ4v) is 3.24. The lowest BCUT2D eigenvalue weighted by atomic mass is 10.0. The quantitative estimate of drug-likeness (QED) is 0.590. The van der Waals surface area contributed by atoms with E-state index in [2.05, 4.69) is 36.0 Å². The monoisotopic (exact) mass is 357 g/mol. The molecular formula is C19H17F2N3S. The molecule has 0 N–H and O–H groups in total. The zero-order valence-corrected chi connectivity index (χ0v) is 14.9. The molecule has 0 fully saturated rings. The molecule has 0 aliphatic rings. The molecule has 0 radical (unpaired) electrons. The predicted molar refractivity (Wildman–Crippen MR) is 96.2 cm³/mol. The molecule has 0 atom stereocenters. The molecule has 6 heteroatoms. The van der Waals surface area contributed by atoms with Crippen molar-refractivity contribution < 1.29 is 8.78 Å². The van der Waals surface area contributed by atoms with Crippen LogP contribution in [0.3, 0.4) is 0 Å². The van der Waals surface area contributed by atoms with Gasteiger partial charge in [-0.15, -0.1) is 5.10 Å². The van der Waals surface area contributed by atoms with Crippen molar-refractivity contribution >= 4 is 11.8 Å². The maximum Gasteiger partial charge on any atom is 0.149 e. The molecule has 3 nitrogen and oxygen atoms in total. The first-order valence-corrected chi connectivity index (χ1v) is 8.58. The molecular weight excluding hydrogens is 340 g/mol. The molecule has 2 aromatic heterocycles. The normalized spacial score (nSPS) is 11.6. The van der Waals surface area contributed by atoms with Crippen LogP contribution in [0.15, 0.2) is 53.8 Å². The molecule has 1 aromatic carbocycles. The highest BCUT2D eigenvalue weighted by Gasteiger charge is 2.16. The minimum absolute atomic E-state index is 0.00164. The minimum atomic E-state index is -0.560. The third-order valence-corrected chi connectivity index (χ3v) is 4.38. The van der Waals surface area contributed by atoms with E-state index in [-0.39, 0.29) is 16.0 Å². The topological polar surface area (TPSA) is 38.7 Å². The summed E-state index contributed by atoms with van der Waals surface area (Å²) < 4.78 is 28.2. The van der Waals surface area contributed by atoms with E-state index >= 15 is 0 Å². The Labute approximate surface area is 149 Å². The van der Waals surface area contributed by atoms with Crippen LogP contribution < -0.4 is 0 Å². The van der Waals surface area contributed by atoms with Crippen molar-refractivity contribution in [3.05, 3.63) is 60.4 Å². The van der Waals surface area contributed by atoms with Crippen molar-refractivity contribution in [1.82, 2.24) is 15.2 Å². The van der Waals surface area contributed by atoms with Gasteiger partial charge in [0.05, 0.1) is 6.20 Å². The molecule has 3 aromatic rings. The fraction of sp³-hybridized carbons (Fsp3) is 0.211. The van der Waals surface area contributed by atoms with E-state index in [0.717, 1.165) is 16.2 Å². The van der Waals surface area contributed by atoms with E-state index in [1.807, 2.05) is 6.07 Å². The Balaban J connectivity index is 2.04. The first-order valence-electron chi connectivity index (χ1n) is 7.76. The van der Waals surface area contributed by atoms with Crippen LogP contribution in [0, 0.1) is 11.6 Å². The molecule has 0 aliphatic carbocycles. The van der Waals surface area contributed by atoms with Crippen molar-refractivity contribution in [2.24, 2.45) is 0 Å². The van der Waals surface area contributed by atoms with Crippen molar-refractivity contribution in [3.63, 3.8) is 0 Å². The number of aromatic nitrogens is 3. The molecule has 2 heterocycles. The first kappa shape index (κ1) is 17.5. The van der Waals surface area contributed by atoms with Gasteiger partial charge in [-0.25, -0.2) is 8.78 Å². The highest BCUT2D eigenvalue weighted by atomic mass is 32.2. The van der Waals surface area contributed by atoms with Crippen LogP contribution in [0.1, 0.15) is 20.8 Å². The van der Waals surface area contributed by atoms with Crippen LogP contribution >= 0.6 is 11.8 Å². The van der Waals surface area contributed by atoms with Crippen LogP contribution in [0.2, 0.25) is 0 Å². The van der Waals surface area contributed by atoms with Gasteiger partial charge in [0, 0.05) is 22.1 Å². The molecule has 0 amide bonds. The van der Waals surface area contributed by atoms with E-state index in [1.54, 1.807) is 30.1 Å². The van der Waals surface area contributed by atoms with Gasteiger partial charge in [0.2, 0.25) is 0 Å². The summed E-state index contributed by atoms with van der Waals surface area (Å²) in [6, 6.07) is 9.18. The zero-order chi connectivity index (χ0) is 18.0. The Morgan fingerprint density at radius 3 is 2.48 bits per heavy atom. The Bertz CT molecular complexity index is 907. The van der Waals surface area contributed by atoms with E-state index in [4.69, 9.17) is 0 Å². The van der Waals surface area contributed by atoms with Crippen molar-refractivity contribution in [2.45, 2.75) is 30.5 Å². The summed E-state index contributed by atoms with van der Waals surface area (Å²) in [6.07, 6.45) is 3.05. The molecule has 0 unspecified atom stereocenters. The van der Waals surface area contributed by atoms with Gasteiger partial charge in [-0.2, -0.15) is 5.10 Å². The number of hydrogen-bond donors (Lipinski definition) is 0. The van der Waals surface area contributed by atoms with E-state index in [0.29, 0.717) is 0 Å². The summed E-state index contributed by atoms with van der Waals surface area (Å²) in [5.74, 6) is -1.08. The van der Waals surface area contributed by atoms with Gasteiger partial charge >= 0.3 is 0 Å². The number of benzene rings is 1. The smallest absolute Gasteiger partial charge is 0.149 e. The van der Waals surface area contributed by atoms with Crippen LogP contribution in [0.25, 0.3) is 22.4 Å². The summed E-state index contributed by atoms with van der Waals surface area (Å²) in [6.45, 7) is 6.27. The average molecular weight is 357 g/mol. The third kappa shape index (κ3) is 4.20. The SMILES string of the molecule is CC(C)(C)Sc1cc(-c2ccc(F)c(-c3ncccc3F)c2)cnn1. The summed E-state index contributed by atoms with van der Waals surface area (Å²) in [7, 11) is 0. The molecule has 0 saturated heterocycles. The number of halogens is 2. The second-order valence-electron chi connectivity index (χ2n) is 6.53. The van der Waals surface area contributed by atoms with Gasteiger partial charge in [0.25, 0.3) is 0 Å². The van der Waals surface area contributed by atoms with E-state index < -0.39 is 11.6 Å². The van der Waals surface area contributed by atoms with Crippen LogP contribution in [0.4, 0.5) is 8.78 Å². The predicted octanol–water partition coefficient (Wildman–Crippen LogP) is 5.37. The Kier molecular flexibility index (Phi) is 4.81. The van der Waals surface area contributed by atoms with Crippen LogP contribution in [-0.2, 0) is 0 Å². The number of hydrogen-bond acceptors (Lipinski definition) is 4. The Morgan fingerprint density at radius 2 is 1.76 bits per heavy atom. The van der Waals surface area contributed by atoms with Crippen LogP contribution in [-0.4, -0.2) is 19.9 Å². The maximum atomic E-state index is 14.2. The van der Waals surface area contributed by atoms with Gasteiger partial charge in [0.1, 0.15) is 22.4 Å². The van der Waals surface area contributed by atoms with Crippen LogP contribution in [0.5, 0.6) is 0 Å². The number of nitrogens with zero attached hydrogens (tertiary/aromatic N) is 3. The molecule has 0 bridgehead atoms. The second kappa shape index (κ2) is 6.88. The number of rotatable bonds is 3. The Morgan fingerprint density at radius 1 is 0.960 bits per heavy atom. The molecule has 0 spiro atoms. The number of thioether (sulfide) groups is 1. The van der Waals surface area contributed by atoms with Crippen molar-refractivity contribution in [1.29, 1.82) is 0 Å². The maximum absolute atomic E-state index is 14.2. The molecule has 3 rings (SSSR count). The minimum Gasteiger partial charge on any atom is -0.253 e. The van der Waals surface area contributed by atoms with Gasteiger partial charge in [-0.1, -0.05) is 38.6 Å². The summed E-state index contributed by atoms with van der Waals surface area (Å²) in [4.78, 5) is 3.96. The first-order chi connectivity index (χ1) is 11.8. The lowest BCUT2D eigenvalue weighted by molar-refractivity contribution is 0.611. The van der Waals surface area contributed by atoms with Gasteiger partial charge in [-0.05, 0) is 35.9 Å². The highest BCUT2D eigenvalue weighted by Crippen LogP contribution is 2.33. The standard InChI is InChI=1S/C19H17F2N3S/c1-19(2,3)25-17-10-13(11-23-24-17)12-6-7-15(20)14(9-12)18-16(21)5-4-8-22-18/h4-11H,1-3H3. The molecule has 0 saturated carbocycles. The highest BCUT2D eigenvalue weighted by molar-refractivity contribution is 8.00. The summed E-state index contributed by atoms with van der Waals surface area (Å²) >= 11 is 1.60. The molecule has 128 valence electrons. The Hall–Kier alpha value is -2.34.